The summed E-state index contributed by atoms with van der Waals surface area (Å²) >= 11 is 0. The van der Waals surface area contributed by atoms with Crippen molar-refractivity contribution in [3.8, 4) is 6.07 Å². The number of carbonyl (C=O) groups is 2. The number of esters is 1. The van der Waals surface area contributed by atoms with Crippen molar-refractivity contribution in [1.82, 2.24) is 0 Å². The zero-order valence-electron chi connectivity index (χ0n) is 16.1. The van der Waals surface area contributed by atoms with Crippen molar-refractivity contribution >= 4 is 28.9 Å². The van der Waals surface area contributed by atoms with E-state index in [9.17, 15) is 19.7 Å². The number of ether oxygens (including phenoxy) is 1. The Labute approximate surface area is 173 Å². The van der Waals surface area contributed by atoms with E-state index in [1.54, 1.807) is 42.5 Å². The van der Waals surface area contributed by atoms with E-state index in [1.165, 1.54) is 6.07 Å². The van der Waals surface area contributed by atoms with Crippen LogP contribution in [0.3, 0.4) is 0 Å². The van der Waals surface area contributed by atoms with Gasteiger partial charge in [-0.2, -0.15) is 5.26 Å². The minimum absolute atomic E-state index is 0.0350. The second-order valence-corrected chi connectivity index (χ2v) is 6.82. The Bertz CT molecular complexity index is 993. The number of nitriles is 1. The molecule has 9 heteroatoms. The molecular weight excluding hydrogens is 388 g/mol. The fourth-order valence-corrected chi connectivity index (χ4v) is 3.37. The molecule has 0 bridgehead atoms. The second-order valence-electron chi connectivity index (χ2n) is 6.82. The molecule has 9 nitrogen and oxygen atoms in total. The molecule has 1 saturated heterocycles. The van der Waals surface area contributed by atoms with Crippen molar-refractivity contribution in [1.29, 1.82) is 5.26 Å². The van der Waals surface area contributed by atoms with E-state index >= 15 is 0 Å². The molecule has 2 aromatic carbocycles. The molecule has 0 unspecified atom stereocenters. The van der Waals surface area contributed by atoms with Gasteiger partial charge in [0.05, 0.1) is 22.1 Å². The highest BCUT2D eigenvalue weighted by atomic mass is 16.6. The summed E-state index contributed by atoms with van der Waals surface area (Å²) < 4.78 is 5.13. The quantitative estimate of drug-likeness (QED) is 0.442. The molecule has 30 heavy (non-hydrogen) atoms. The first-order valence-electron chi connectivity index (χ1n) is 9.43. The zero-order valence-corrected chi connectivity index (χ0v) is 16.1. The molecule has 0 atom stereocenters. The summed E-state index contributed by atoms with van der Waals surface area (Å²) in [6.45, 7) is 0.516. The van der Waals surface area contributed by atoms with Gasteiger partial charge in [-0.25, -0.2) is 0 Å². The van der Waals surface area contributed by atoms with Crippen molar-refractivity contribution < 1.29 is 19.2 Å². The largest absolute Gasteiger partial charge is 0.455 e. The summed E-state index contributed by atoms with van der Waals surface area (Å²) in [5.41, 5.74) is 1.25. The fourth-order valence-electron chi connectivity index (χ4n) is 3.37. The monoisotopic (exact) mass is 408 g/mol. The van der Waals surface area contributed by atoms with Crippen molar-refractivity contribution in [2.24, 2.45) is 5.92 Å². The Balaban J connectivity index is 1.49. The Kier molecular flexibility index (Phi) is 6.60. The molecule has 1 aliphatic rings. The number of benzene rings is 2. The number of para-hydroxylation sites is 3. The van der Waals surface area contributed by atoms with E-state index in [4.69, 9.17) is 10.00 Å². The predicted molar refractivity (Wildman–Crippen MR) is 109 cm³/mol. The van der Waals surface area contributed by atoms with E-state index in [-0.39, 0.29) is 11.6 Å². The second kappa shape index (κ2) is 9.52. The topological polar surface area (TPSA) is 126 Å². The van der Waals surface area contributed by atoms with Gasteiger partial charge in [0.15, 0.2) is 6.61 Å². The summed E-state index contributed by atoms with van der Waals surface area (Å²) in [6, 6.07) is 15.0. The Hall–Kier alpha value is -3.93. The lowest BCUT2D eigenvalue weighted by Crippen LogP contribution is -2.37. The molecule has 1 amide bonds. The van der Waals surface area contributed by atoms with Crippen LogP contribution < -0.4 is 10.2 Å². The maximum Gasteiger partial charge on any atom is 0.309 e. The molecular formula is C21H20N4O5. The highest BCUT2D eigenvalue weighted by molar-refractivity contribution is 5.94. The lowest BCUT2D eigenvalue weighted by Gasteiger charge is -2.32. The summed E-state index contributed by atoms with van der Waals surface area (Å²) in [6.07, 6.45) is 0.952. The smallest absolute Gasteiger partial charge is 0.309 e. The van der Waals surface area contributed by atoms with Crippen LogP contribution in [-0.4, -0.2) is 36.5 Å². The lowest BCUT2D eigenvalue weighted by atomic mass is 9.96. The number of hydrogen-bond acceptors (Lipinski definition) is 7. The Morgan fingerprint density at radius 3 is 2.53 bits per heavy atom. The first-order chi connectivity index (χ1) is 14.5. The van der Waals surface area contributed by atoms with Gasteiger partial charge in [0.1, 0.15) is 11.8 Å². The van der Waals surface area contributed by atoms with Crippen LogP contribution in [0.5, 0.6) is 0 Å². The van der Waals surface area contributed by atoms with Crippen LogP contribution in [0.15, 0.2) is 48.5 Å². The third-order valence-corrected chi connectivity index (χ3v) is 4.91. The average molecular weight is 408 g/mol. The zero-order chi connectivity index (χ0) is 21.5. The van der Waals surface area contributed by atoms with Crippen molar-refractivity contribution in [2.45, 2.75) is 12.8 Å². The van der Waals surface area contributed by atoms with E-state index < -0.39 is 23.4 Å². The molecule has 0 aliphatic carbocycles. The van der Waals surface area contributed by atoms with Crippen molar-refractivity contribution in [2.75, 3.05) is 29.9 Å². The maximum atomic E-state index is 12.3. The van der Waals surface area contributed by atoms with Gasteiger partial charge in [-0.05, 0) is 31.0 Å². The van der Waals surface area contributed by atoms with Gasteiger partial charge in [-0.3, -0.25) is 19.7 Å². The first-order valence-corrected chi connectivity index (χ1v) is 9.43. The summed E-state index contributed by atoms with van der Waals surface area (Å²) in [5.74, 6) is -1.37. The van der Waals surface area contributed by atoms with Crippen molar-refractivity contribution in [3.05, 3.63) is 64.2 Å². The highest BCUT2D eigenvalue weighted by Crippen LogP contribution is 2.31. The lowest BCUT2D eigenvalue weighted by molar-refractivity contribution is -0.384. The number of nitrogens with zero attached hydrogens (tertiary/aromatic N) is 3. The number of piperidine rings is 1. The third kappa shape index (κ3) is 4.91. The molecule has 2 aromatic rings. The number of nitro groups is 1. The standard InChI is InChI=1S/C21H20N4O5/c22-13-16-5-1-2-6-17(16)23-20(26)14-30-21(27)15-9-11-24(12-10-15)18-7-3-4-8-19(18)25(28)29/h1-8,15H,9-12,14H2,(H,23,26). The predicted octanol–water partition coefficient (Wildman–Crippen LogP) is 2.86. The molecule has 1 fully saturated rings. The molecule has 0 aromatic heterocycles. The van der Waals surface area contributed by atoms with Gasteiger partial charge < -0.3 is 15.0 Å². The van der Waals surface area contributed by atoms with Crippen LogP contribution >= 0.6 is 0 Å². The molecule has 1 N–H and O–H groups in total. The first kappa shape index (κ1) is 20.8. The highest BCUT2D eigenvalue weighted by Gasteiger charge is 2.29. The summed E-state index contributed by atoms with van der Waals surface area (Å²) in [4.78, 5) is 37.0. The van der Waals surface area contributed by atoms with Gasteiger partial charge in [-0.1, -0.05) is 24.3 Å². The van der Waals surface area contributed by atoms with Gasteiger partial charge in [0, 0.05) is 19.2 Å². The number of hydrogen-bond donors (Lipinski definition) is 1. The SMILES string of the molecule is N#Cc1ccccc1NC(=O)COC(=O)C1CCN(c2ccccc2[N+](=O)[O-])CC1. The summed E-state index contributed by atoms with van der Waals surface area (Å²) in [7, 11) is 0. The minimum atomic E-state index is -0.525. The van der Waals surface area contributed by atoms with Crippen LogP contribution in [0.25, 0.3) is 0 Å². The molecule has 3 rings (SSSR count). The number of amides is 1. The van der Waals surface area contributed by atoms with Crippen LogP contribution in [-0.2, 0) is 14.3 Å². The van der Waals surface area contributed by atoms with Crippen LogP contribution in [0.2, 0.25) is 0 Å². The number of nitro benzene ring substituents is 1. The molecule has 0 saturated carbocycles. The number of rotatable bonds is 6. The minimum Gasteiger partial charge on any atom is -0.455 e. The van der Waals surface area contributed by atoms with E-state index in [0.717, 1.165) is 0 Å². The van der Waals surface area contributed by atoms with Crippen LogP contribution in [0.4, 0.5) is 17.1 Å². The van der Waals surface area contributed by atoms with Gasteiger partial charge in [0.25, 0.3) is 11.6 Å². The van der Waals surface area contributed by atoms with Crippen LogP contribution in [0, 0.1) is 27.4 Å². The van der Waals surface area contributed by atoms with E-state index in [0.29, 0.717) is 42.9 Å². The third-order valence-electron chi connectivity index (χ3n) is 4.91. The van der Waals surface area contributed by atoms with E-state index in [2.05, 4.69) is 5.32 Å². The Morgan fingerprint density at radius 2 is 1.83 bits per heavy atom. The number of nitrogens with one attached hydrogen (secondary N) is 1. The Morgan fingerprint density at radius 1 is 1.17 bits per heavy atom. The van der Waals surface area contributed by atoms with E-state index in [1.807, 2.05) is 11.0 Å². The molecule has 0 radical (unpaired) electrons. The average Bonchev–Trinajstić information content (AvgIpc) is 2.78. The maximum absolute atomic E-state index is 12.3. The van der Waals surface area contributed by atoms with Gasteiger partial charge >= 0.3 is 5.97 Å². The molecule has 1 heterocycles. The molecule has 154 valence electrons. The van der Waals surface area contributed by atoms with Gasteiger partial charge in [0.2, 0.25) is 0 Å². The number of carbonyl (C=O) groups excluding carboxylic acids is 2. The molecule has 0 spiro atoms. The number of anilines is 2. The fraction of sp³-hybridized carbons (Fsp3) is 0.286. The van der Waals surface area contributed by atoms with Crippen molar-refractivity contribution in [3.63, 3.8) is 0 Å². The van der Waals surface area contributed by atoms with Gasteiger partial charge in [-0.15, -0.1) is 0 Å². The van der Waals surface area contributed by atoms with Crippen LogP contribution in [0.1, 0.15) is 18.4 Å². The normalized spacial score (nSPS) is 13.9. The molecule has 1 aliphatic heterocycles. The summed E-state index contributed by atoms with van der Waals surface area (Å²) in [5, 5.41) is 22.8.